The van der Waals surface area contributed by atoms with Crippen LogP contribution in [0.5, 0.6) is 0 Å². The minimum Gasteiger partial charge on any atom is -0.310 e. The van der Waals surface area contributed by atoms with E-state index in [1.165, 1.54) is 11.6 Å². The predicted octanol–water partition coefficient (Wildman–Crippen LogP) is 3.50. The molecule has 0 aromatic carbocycles. The zero-order chi connectivity index (χ0) is 18.1. The highest BCUT2D eigenvalue weighted by atomic mass is 19.4. The summed E-state index contributed by atoms with van der Waals surface area (Å²) in [5.74, 6) is -0.458. The van der Waals surface area contributed by atoms with Gasteiger partial charge in [-0.2, -0.15) is 18.3 Å². The van der Waals surface area contributed by atoms with Gasteiger partial charge in [-0.3, -0.25) is 9.48 Å². The number of nitrogens with zero attached hydrogens (tertiary/aromatic N) is 3. The third kappa shape index (κ3) is 4.33. The van der Waals surface area contributed by atoms with Gasteiger partial charge in [0.25, 0.3) is 0 Å². The third-order valence-electron chi connectivity index (χ3n) is 3.52. The number of aryl methyl sites for hydroxylation is 3. The summed E-state index contributed by atoms with van der Waals surface area (Å²) in [6.45, 7) is 6.92. The van der Waals surface area contributed by atoms with Crippen molar-refractivity contribution in [3.63, 3.8) is 0 Å². The second kappa shape index (κ2) is 6.62. The molecule has 0 bridgehead atoms. The number of carbonyl (C=O) groups excluding carboxylic acids is 1. The minimum atomic E-state index is -4.50. The maximum absolute atomic E-state index is 12.7. The van der Waals surface area contributed by atoms with E-state index in [1.54, 1.807) is 13.0 Å². The van der Waals surface area contributed by atoms with Crippen molar-refractivity contribution >= 4 is 11.7 Å². The molecule has 2 rings (SSSR count). The van der Waals surface area contributed by atoms with E-state index in [9.17, 15) is 18.0 Å². The molecule has 0 radical (unpaired) electrons. The second-order valence-electron chi connectivity index (χ2n) is 5.91. The minimum absolute atomic E-state index is 0.0541. The van der Waals surface area contributed by atoms with Crippen LogP contribution in [-0.2, 0) is 17.5 Å². The lowest BCUT2D eigenvalue weighted by molar-refractivity contribution is -0.141. The van der Waals surface area contributed by atoms with Crippen molar-refractivity contribution in [2.45, 2.75) is 40.4 Å². The fraction of sp³-hybridized carbons (Fsp3) is 0.438. The number of amides is 1. The van der Waals surface area contributed by atoms with Crippen molar-refractivity contribution in [1.29, 1.82) is 0 Å². The van der Waals surface area contributed by atoms with Crippen molar-refractivity contribution < 1.29 is 18.0 Å². The van der Waals surface area contributed by atoms with Crippen LogP contribution < -0.4 is 5.32 Å². The Morgan fingerprint density at radius 3 is 2.46 bits per heavy atom. The molecule has 0 spiro atoms. The smallest absolute Gasteiger partial charge is 0.310 e. The van der Waals surface area contributed by atoms with Gasteiger partial charge in [0.05, 0.1) is 12.5 Å². The summed E-state index contributed by atoms with van der Waals surface area (Å²) in [5, 5.41) is 6.22. The van der Waals surface area contributed by atoms with E-state index in [1.807, 2.05) is 19.9 Å². The molecule has 0 unspecified atom stereocenters. The van der Waals surface area contributed by atoms with Crippen molar-refractivity contribution in [2.75, 3.05) is 5.32 Å². The molecule has 0 fully saturated rings. The average molecular weight is 340 g/mol. The maximum atomic E-state index is 12.7. The van der Waals surface area contributed by atoms with Crippen molar-refractivity contribution in [2.24, 2.45) is 5.92 Å². The van der Waals surface area contributed by atoms with Gasteiger partial charge in [-0.1, -0.05) is 6.92 Å². The standard InChI is InChI=1S/C16H19F3N4O/c1-9-5-11(3)20-14(6-9)21-15(24)10(2)8-23-12(4)7-13(22-23)16(17,18)19/h5-7,10H,8H2,1-4H3,(H,20,21,24)/t10-/m0/s1. The molecule has 0 aliphatic rings. The molecule has 24 heavy (non-hydrogen) atoms. The molecule has 130 valence electrons. The first-order valence-electron chi connectivity index (χ1n) is 7.44. The lowest BCUT2D eigenvalue weighted by Gasteiger charge is -2.13. The van der Waals surface area contributed by atoms with E-state index in [2.05, 4.69) is 15.4 Å². The average Bonchev–Trinajstić information content (AvgIpc) is 2.79. The van der Waals surface area contributed by atoms with Crippen LogP contribution in [0.3, 0.4) is 0 Å². The summed E-state index contributed by atoms with van der Waals surface area (Å²) in [5.41, 5.74) is 1.13. The number of aromatic nitrogens is 3. The molecule has 2 heterocycles. The number of rotatable bonds is 4. The summed E-state index contributed by atoms with van der Waals surface area (Å²) < 4.78 is 39.2. The zero-order valence-electron chi connectivity index (χ0n) is 13.9. The number of hydrogen-bond acceptors (Lipinski definition) is 3. The van der Waals surface area contributed by atoms with Gasteiger partial charge in [0.2, 0.25) is 5.91 Å². The van der Waals surface area contributed by atoms with E-state index in [0.717, 1.165) is 17.3 Å². The fourth-order valence-corrected chi connectivity index (χ4v) is 2.33. The topological polar surface area (TPSA) is 59.8 Å². The molecule has 1 atom stereocenters. The summed E-state index contributed by atoms with van der Waals surface area (Å²) in [4.78, 5) is 16.5. The normalized spacial score (nSPS) is 13.0. The van der Waals surface area contributed by atoms with E-state index < -0.39 is 17.8 Å². The molecular formula is C16H19F3N4O. The SMILES string of the molecule is Cc1cc(C)nc(NC(=O)[C@@H](C)Cn2nc(C(F)(F)F)cc2C)c1. The van der Waals surface area contributed by atoms with Crippen molar-refractivity contribution in [1.82, 2.24) is 14.8 Å². The van der Waals surface area contributed by atoms with Crippen LogP contribution in [0.15, 0.2) is 18.2 Å². The Labute approximate surface area is 137 Å². The van der Waals surface area contributed by atoms with Crippen LogP contribution in [-0.4, -0.2) is 20.7 Å². The summed E-state index contributed by atoms with van der Waals surface area (Å²) >= 11 is 0. The Morgan fingerprint density at radius 2 is 1.92 bits per heavy atom. The number of alkyl halides is 3. The third-order valence-corrected chi connectivity index (χ3v) is 3.52. The predicted molar refractivity (Wildman–Crippen MR) is 83.5 cm³/mol. The first-order chi connectivity index (χ1) is 11.1. The molecule has 2 aromatic heterocycles. The van der Waals surface area contributed by atoms with Gasteiger partial charge in [0.1, 0.15) is 5.82 Å². The van der Waals surface area contributed by atoms with Gasteiger partial charge in [0, 0.05) is 11.4 Å². The highest BCUT2D eigenvalue weighted by Gasteiger charge is 2.34. The number of anilines is 1. The van der Waals surface area contributed by atoms with E-state index in [-0.39, 0.29) is 12.5 Å². The van der Waals surface area contributed by atoms with Crippen LogP contribution >= 0.6 is 0 Å². The first kappa shape index (κ1) is 18.0. The maximum Gasteiger partial charge on any atom is 0.435 e. The molecule has 0 saturated heterocycles. The van der Waals surface area contributed by atoms with Gasteiger partial charge in [-0.25, -0.2) is 4.98 Å². The number of hydrogen-bond donors (Lipinski definition) is 1. The van der Waals surface area contributed by atoms with Crippen LogP contribution in [0.25, 0.3) is 0 Å². The first-order valence-corrected chi connectivity index (χ1v) is 7.44. The highest BCUT2D eigenvalue weighted by molar-refractivity contribution is 5.91. The molecule has 8 heteroatoms. The van der Waals surface area contributed by atoms with E-state index >= 15 is 0 Å². The molecule has 5 nitrogen and oxygen atoms in total. The number of nitrogens with one attached hydrogen (secondary N) is 1. The number of pyridine rings is 1. The van der Waals surface area contributed by atoms with Crippen LogP contribution in [0.4, 0.5) is 19.0 Å². The summed E-state index contributed by atoms with van der Waals surface area (Å²) in [6.07, 6.45) is -4.50. The number of carbonyl (C=O) groups is 1. The van der Waals surface area contributed by atoms with Crippen LogP contribution in [0, 0.1) is 26.7 Å². The van der Waals surface area contributed by atoms with Gasteiger partial charge in [-0.05, 0) is 44.5 Å². The van der Waals surface area contributed by atoms with Crippen LogP contribution in [0.2, 0.25) is 0 Å². The summed E-state index contributed by atoms with van der Waals surface area (Å²) in [6, 6.07) is 4.58. The molecule has 2 aromatic rings. The molecule has 0 aliphatic heterocycles. The molecule has 0 saturated carbocycles. The van der Waals surface area contributed by atoms with E-state index in [0.29, 0.717) is 11.5 Å². The second-order valence-corrected chi connectivity index (χ2v) is 5.91. The van der Waals surface area contributed by atoms with Crippen molar-refractivity contribution in [3.05, 3.63) is 40.8 Å². The molecule has 1 N–H and O–H groups in total. The van der Waals surface area contributed by atoms with Gasteiger partial charge in [0.15, 0.2) is 5.69 Å². The lowest BCUT2D eigenvalue weighted by Crippen LogP contribution is -2.26. The largest absolute Gasteiger partial charge is 0.435 e. The monoisotopic (exact) mass is 340 g/mol. The fourth-order valence-electron chi connectivity index (χ4n) is 2.33. The Hall–Kier alpha value is -2.38. The van der Waals surface area contributed by atoms with Gasteiger partial charge < -0.3 is 5.32 Å². The molecule has 1 amide bonds. The van der Waals surface area contributed by atoms with Gasteiger partial charge >= 0.3 is 6.18 Å². The lowest BCUT2D eigenvalue weighted by atomic mass is 10.1. The summed E-state index contributed by atoms with van der Waals surface area (Å²) in [7, 11) is 0. The number of halogens is 3. The molecule has 0 aliphatic carbocycles. The molecular weight excluding hydrogens is 321 g/mol. The Morgan fingerprint density at radius 1 is 1.25 bits per heavy atom. The Bertz CT molecular complexity index is 732. The van der Waals surface area contributed by atoms with Crippen molar-refractivity contribution in [3.8, 4) is 0 Å². The highest BCUT2D eigenvalue weighted by Crippen LogP contribution is 2.28. The Kier molecular flexibility index (Phi) is 4.96. The van der Waals surface area contributed by atoms with E-state index in [4.69, 9.17) is 0 Å². The quantitative estimate of drug-likeness (QED) is 0.927. The van der Waals surface area contributed by atoms with Crippen LogP contribution in [0.1, 0.15) is 29.6 Å². The Balaban J connectivity index is 2.08. The zero-order valence-corrected chi connectivity index (χ0v) is 13.9. The van der Waals surface area contributed by atoms with Gasteiger partial charge in [-0.15, -0.1) is 0 Å².